The molecule has 1 aromatic carbocycles. The summed E-state index contributed by atoms with van der Waals surface area (Å²) in [5.74, 6) is 1.08. The first-order valence-electron chi connectivity index (χ1n) is 7.16. The van der Waals surface area contributed by atoms with Crippen LogP contribution in [0.4, 0.5) is 11.6 Å². The van der Waals surface area contributed by atoms with E-state index < -0.39 is 0 Å². The van der Waals surface area contributed by atoms with Crippen molar-refractivity contribution in [3.05, 3.63) is 64.3 Å². The van der Waals surface area contributed by atoms with Crippen molar-refractivity contribution in [1.82, 2.24) is 24.5 Å². The van der Waals surface area contributed by atoms with Gasteiger partial charge >= 0.3 is 0 Å². The average Bonchev–Trinajstić information content (AvgIpc) is 2.99. The van der Waals surface area contributed by atoms with E-state index in [1.807, 2.05) is 18.2 Å². The van der Waals surface area contributed by atoms with Gasteiger partial charge in [-0.1, -0.05) is 29.3 Å². The number of imidazole rings is 1. The number of hydrogen-bond acceptors (Lipinski definition) is 5. The predicted molar refractivity (Wildman–Crippen MR) is 99.2 cm³/mol. The smallest absolute Gasteiger partial charge is 0.226 e. The van der Waals surface area contributed by atoms with Crippen LogP contribution in [0.5, 0.6) is 0 Å². The van der Waals surface area contributed by atoms with Gasteiger partial charge in [0.25, 0.3) is 0 Å². The van der Waals surface area contributed by atoms with Gasteiger partial charge < -0.3 is 5.32 Å². The van der Waals surface area contributed by atoms with Gasteiger partial charge in [-0.25, -0.2) is 9.97 Å². The highest BCUT2D eigenvalue weighted by Crippen LogP contribution is 2.29. The molecule has 0 fully saturated rings. The lowest BCUT2D eigenvalue weighted by molar-refractivity contribution is 1.06. The number of anilines is 2. The molecule has 9 heteroatoms. The van der Waals surface area contributed by atoms with Crippen molar-refractivity contribution in [2.45, 2.75) is 0 Å². The monoisotopic (exact) mass is 390 g/mol. The van der Waals surface area contributed by atoms with E-state index in [-0.39, 0.29) is 5.28 Å². The Labute approximate surface area is 157 Å². The Morgan fingerprint density at radius 3 is 2.60 bits per heavy atom. The average molecular weight is 392 g/mol. The molecule has 0 bridgehead atoms. The quantitative estimate of drug-likeness (QED) is 0.502. The topological polar surface area (TPSA) is 68.5 Å². The summed E-state index contributed by atoms with van der Waals surface area (Å²) in [5.41, 5.74) is 1.75. The normalized spacial score (nSPS) is 11.0. The fourth-order valence-electron chi connectivity index (χ4n) is 2.37. The second-order valence-electron chi connectivity index (χ2n) is 5.06. The molecule has 3 aromatic heterocycles. The van der Waals surface area contributed by atoms with Crippen LogP contribution in [0.15, 0.2) is 48.9 Å². The molecule has 0 spiro atoms. The molecule has 6 nitrogen and oxygen atoms in total. The van der Waals surface area contributed by atoms with E-state index in [9.17, 15) is 0 Å². The van der Waals surface area contributed by atoms with Crippen LogP contribution in [0.3, 0.4) is 0 Å². The summed E-state index contributed by atoms with van der Waals surface area (Å²) in [4.78, 5) is 17.1. The third-order valence-corrected chi connectivity index (χ3v) is 4.16. The summed E-state index contributed by atoms with van der Waals surface area (Å²) in [6.07, 6.45) is 3.28. The van der Waals surface area contributed by atoms with Gasteiger partial charge in [0.2, 0.25) is 5.28 Å². The molecular formula is C16H9Cl3N6. The Hall–Kier alpha value is -2.41. The van der Waals surface area contributed by atoms with Gasteiger partial charge in [0.05, 0.1) is 10.7 Å². The number of benzene rings is 1. The van der Waals surface area contributed by atoms with Gasteiger partial charge in [-0.05, 0) is 41.9 Å². The molecule has 0 aliphatic heterocycles. The van der Waals surface area contributed by atoms with E-state index in [0.29, 0.717) is 38.5 Å². The van der Waals surface area contributed by atoms with Crippen LogP contribution >= 0.6 is 34.8 Å². The van der Waals surface area contributed by atoms with Crippen molar-refractivity contribution >= 4 is 57.6 Å². The van der Waals surface area contributed by atoms with Crippen molar-refractivity contribution in [2.24, 2.45) is 0 Å². The number of fused-ring (bicyclic) bond motifs is 1. The van der Waals surface area contributed by atoms with Crippen molar-refractivity contribution in [3.63, 3.8) is 0 Å². The van der Waals surface area contributed by atoms with E-state index in [1.165, 1.54) is 0 Å². The number of pyridine rings is 1. The summed E-state index contributed by atoms with van der Waals surface area (Å²) in [7, 11) is 0. The number of nitrogens with one attached hydrogen (secondary N) is 1. The second-order valence-corrected chi connectivity index (χ2v) is 6.25. The highest BCUT2D eigenvalue weighted by Gasteiger charge is 2.15. The molecule has 25 heavy (non-hydrogen) atoms. The fourth-order valence-corrected chi connectivity index (χ4v) is 3.04. The Kier molecular flexibility index (Phi) is 4.17. The van der Waals surface area contributed by atoms with E-state index in [4.69, 9.17) is 34.8 Å². The van der Waals surface area contributed by atoms with Gasteiger partial charge in [0.15, 0.2) is 17.0 Å². The molecule has 0 unspecified atom stereocenters. The minimum absolute atomic E-state index is 0.0813. The summed E-state index contributed by atoms with van der Waals surface area (Å²) in [6, 6.07) is 10.7. The lowest BCUT2D eigenvalue weighted by Crippen LogP contribution is -2.00. The standard InChI is InChI=1S/C16H9Cl3N6/c17-9-4-5-11(10(18)7-9)25-8-21-13-14(23-16(19)24-15(13)25)22-12-3-1-2-6-20-12/h1-8H,(H,20,22,23,24). The van der Waals surface area contributed by atoms with Crippen molar-refractivity contribution in [2.75, 3.05) is 5.32 Å². The number of halogens is 3. The Morgan fingerprint density at radius 2 is 1.84 bits per heavy atom. The van der Waals surface area contributed by atoms with Crippen molar-refractivity contribution < 1.29 is 0 Å². The van der Waals surface area contributed by atoms with Crippen molar-refractivity contribution in [3.8, 4) is 5.69 Å². The van der Waals surface area contributed by atoms with E-state index in [1.54, 1.807) is 35.3 Å². The zero-order valence-corrected chi connectivity index (χ0v) is 14.8. The zero-order valence-electron chi connectivity index (χ0n) is 12.5. The molecule has 1 N–H and O–H groups in total. The molecular weight excluding hydrogens is 383 g/mol. The van der Waals surface area contributed by atoms with Gasteiger partial charge in [-0.2, -0.15) is 9.97 Å². The zero-order chi connectivity index (χ0) is 17.4. The number of aromatic nitrogens is 5. The summed E-state index contributed by atoms with van der Waals surface area (Å²) in [6.45, 7) is 0. The molecule has 0 saturated carbocycles. The van der Waals surface area contributed by atoms with Crippen LogP contribution < -0.4 is 5.32 Å². The van der Waals surface area contributed by atoms with Crippen LogP contribution in [-0.4, -0.2) is 24.5 Å². The Morgan fingerprint density at radius 1 is 0.960 bits per heavy atom. The first-order chi connectivity index (χ1) is 12.1. The van der Waals surface area contributed by atoms with Gasteiger partial charge in [-0.3, -0.25) is 4.57 Å². The Bertz CT molecular complexity index is 1060. The fraction of sp³-hybridized carbons (Fsp3) is 0. The largest absolute Gasteiger partial charge is 0.323 e. The van der Waals surface area contributed by atoms with Crippen LogP contribution in [0, 0.1) is 0 Å². The number of nitrogens with zero attached hydrogens (tertiary/aromatic N) is 5. The molecule has 0 saturated heterocycles. The van der Waals surface area contributed by atoms with Gasteiger partial charge in [0, 0.05) is 11.2 Å². The predicted octanol–water partition coefficient (Wildman–Crippen LogP) is 4.91. The molecule has 4 rings (SSSR count). The molecule has 0 aliphatic carbocycles. The maximum atomic E-state index is 6.30. The molecule has 0 atom stereocenters. The maximum absolute atomic E-state index is 6.30. The second kappa shape index (κ2) is 6.48. The first kappa shape index (κ1) is 16.1. The molecule has 124 valence electrons. The molecule has 0 aliphatic rings. The molecule has 0 radical (unpaired) electrons. The number of rotatable bonds is 3. The minimum Gasteiger partial charge on any atom is -0.323 e. The van der Waals surface area contributed by atoms with E-state index in [0.717, 1.165) is 0 Å². The molecule has 0 amide bonds. The van der Waals surface area contributed by atoms with E-state index >= 15 is 0 Å². The van der Waals surface area contributed by atoms with Crippen LogP contribution in [0.2, 0.25) is 15.3 Å². The minimum atomic E-state index is 0.0813. The summed E-state index contributed by atoms with van der Waals surface area (Å²) < 4.78 is 1.73. The third-order valence-electron chi connectivity index (χ3n) is 3.45. The SMILES string of the molecule is Clc1ccc(-n2cnc3c(Nc4ccccn4)nc(Cl)nc32)c(Cl)c1. The summed E-state index contributed by atoms with van der Waals surface area (Å²) >= 11 is 18.4. The van der Waals surface area contributed by atoms with Crippen LogP contribution in [0.25, 0.3) is 16.9 Å². The highest BCUT2D eigenvalue weighted by atomic mass is 35.5. The van der Waals surface area contributed by atoms with Crippen molar-refractivity contribution in [1.29, 1.82) is 0 Å². The number of hydrogen-bond donors (Lipinski definition) is 1. The highest BCUT2D eigenvalue weighted by molar-refractivity contribution is 6.35. The van der Waals surface area contributed by atoms with E-state index in [2.05, 4.69) is 25.3 Å². The van der Waals surface area contributed by atoms with Crippen LogP contribution in [-0.2, 0) is 0 Å². The van der Waals surface area contributed by atoms with Crippen LogP contribution in [0.1, 0.15) is 0 Å². The summed E-state index contributed by atoms with van der Waals surface area (Å²) in [5, 5.41) is 4.20. The molecule has 3 heterocycles. The Balaban J connectivity index is 1.86. The maximum Gasteiger partial charge on any atom is 0.226 e. The lowest BCUT2D eigenvalue weighted by atomic mass is 10.3. The molecule has 4 aromatic rings. The van der Waals surface area contributed by atoms with Gasteiger partial charge in [0.1, 0.15) is 12.1 Å². The first-order valence-corrected chi connectivity index (χ1v) is 8.29. The van der Waals surface area contributed by atoms with Gasteiger partial charge in [-0.15, -0.1) is 0 Å². The lowest BCUT2D eigenvalue weighted by Gasteiger charge is -2.08. The third kappa shape index (κ3) is 3.11.